The van der Waals surface area contributed by atoms with Gasteiger partial charge in [0.25, 0.3) is 5.91 Å². The number of hydrogen-bond donors (Lipinski definition) is 1. The molecule has 4 nitrogen and oxygen atoms in total. The summed E-state index contributed by atoms with van der Waals surface area (Å²) in [4.78, 5) is 12.7. The minimum Gasteiger partial charge on any atom is -0.497 e. The lowest BCUT2D eigenvalue weighted by Gasteiger charge is -2.24. The number of carbonyl (C=O) groups excluding carboxylic acids is 1. The summed E-state index contributed by atoms with van der Waals surface area (Å²) in [6, 6.07) is 15.5. The SMILES string of the molecule is COc1ccc([C@@H](CC(C)C)NC(=O)[C@H](C)Oc2cccc(C)c2)cc1. The van der Waals surface area contributed by atoms with Gasteiger partial charge in [-0.25, -0.2) is 0 Å². The molecular weight excluding hydrogens is 326 g/mol. The molecule has 1 amide bonds. The minimum atomic E-state index is -0.565. The second-order valence-corrected chi connectivity index (χ2v) is 7.04. The fourth-order valence-corrected chi connectivity index (χ4v) is 2.82. The number of rotatable bonds is 8. The number of carbonyl (C=O) groups is 1. The summed E-state index contributed by atoms with van der Waals surface area (Å²) in [6.07, 6.45) is 0.291. The Morgan fingerprint density at radius 3 is 2.31 bits per heavy atom. The van der Waals surface area contributed by atoms with E-state index in [0.29, 0.717) is 11.7 Å². The van der Waals surface area contributed by atoms with E-state index < -0.39 is 6.10 Å². The Balaban J connectivity index is 2.07. The number of benzene rings is 2. The Morgan fingerprint density at radius 2 is 1.73 bits per heavy atom. The predicted octanol–water partition coefficient (Wildman–Crippen LogP) is 4.67. The Kier molecular flexibility index (Phi) is 7.07. The highest BCUT2D eigenvalue weighted by Crippen LogP contribution is 2.24. The highest BCUT2D eigenvalue weighted by molar-refractivity contribution is 5.81. The monoisotopic (exact) mass is 355 g/mol. The van der Waals surface area contributed by atoms with E-state index in [-0.39, 0.29) is 11.9 Å². The van der Waals surface area contributed by atoms with Crippen LogP contribution >= 0.6 is 0 Å². The van der Waals surface area contributed by atoms with Crippen LogP contribution in [0.25, 0.3) is 0 Å². The molecular formula is C22H29NO3. The summed E-state index contributed by atoms with van der Waals surface area (Å²) in [5, 5.41) is 3.13. The van der Waals surface area contributed by atoms with Crippen LogP contribution in [0.2, 0.25) is 0 Å². The maximum absolute atomic E-state index is 12.7. The van der Waals surface area contributed by atoms with E-state index in [1.807, 2.05) is 55.5 Å². The molecule has 2 aromatic carbocycles. The van der Waals surface area contributed by atoms with Crippen LogP contribution in [-0.4, -0.2) is 19.1 Å². The first kappa shape index (κ1) is 19.8. The Labute approximate surface area is 156 Å². The van der Waals surface area contributed by atoms with E-state index >= 15 is 0 Å². The van der Waals surface area contributed by atoms with Gasteiger partial charge in [-0.1, -0.05) is 38.1 Å². The van der Waals surface area contributed by atoms with Crippen LogP contribution in [0.3, 0.4) is 0 Å². The third-order valence-electron chi connectivity index (χ3n) is 4.21. The molecule has 2 atom stereocenters. The van der Waals surface area contributed by atoms with Gasteiger partial charge in [-0.05, 0) is 61.6 Å². The van der Waals surface area contributed by atoms with Crippen LogP contribution in [0.5, 0.6) is 11.5 Å². The molecule has 0 radical (unpaired) electrons. The maximum Gasteiger partial charge on any atom is 0.261 e. The largest absolute Gasteiger partial charge is 0.497 e. The fourth-order valence-electron chi connectivity index (χ4n) is 2.82. The molecule has 0 aromatic heterocycles. The molecule has 0 saturated heterocycles. The molecule has 26 heavy (non-hydrogen) atoms. The minimum absolute atomic E-state index is 0.0584. The third-order valence-corrected chi connectivity index (χ3v) is 4.21. The first-order chi connectivity index (χ1) is 12.4. The number of ether oxygens (including phenoxy) is 2. The first-order valence-electron chi connectivity index (χ1n) is 9.06. The van der Waals surface area contributed by atoms with Crippen LogP contribution in [-0.2, 0) is 4.79 Å². The molecule has 2 aromatic rings. The molecule has 4 heteroatoms. The van der Waals surface area contributed by atoms with E-state index in [1.54, 1.807) is 14.0 Å². The van der Waals surface area contributed by atoms with E-state index in [9.17, 15) is 4.79 Å². The van der Waals surface area contributed by atoms with E-state index in [0.717, 1.165) is 23.3 Å². The topological polar surface area (TPSA) is 47.6 Å². The lowest BCUT2D eigenvalue weighted by Crippen LogP contribution is -2.39. The summed E-state index contributed by atoms with van der Waals surface area (Å²) < 4.78 is 11.0. The van der Waals surface area contributed by atoms with Gasteiger partial charge < -0.3 is 14.8 Å². The van der Waals surface area contributed by atoms with E-state index in [2.05, 4.69) is 19.2 Å². The highest BCUT2D eigenvalue weighted by atomic mass is 16.5. The summed E-state index contributed by atoms with van der Waals surface area (Å²) >= 11 is 0. The summed E-state index contributed by atoms with van der Waals surface area (Å²) in [5.74, 6) is 1.85. The molecule has 1 N–H and O–H groups in total. The van der Waals surface area contributed by atoms with E-state index in [1.165, 1.54) is 0 Å². The number of amides is 1. The number of nitrogens with one attached hydrogen (secondary N) is 1. The average Bonchev–Trinajstić information content (AvgIpc) is 2.60. The Bertz CT molecular complexity index is 710. The molecule has 0 aliphatic heterocycles. The molecule has 0 heterocycles. The molecule has 0 bridgehead atoms. The van der Waals surface area contributed by atoms with Crippen molar-refractivity contribution < 1.29 is 14.3 Å². The predicted molar refractivity (Wildman–Crippen MR) is 105 cm³/mol. The molecule has 0 unspecified atom stereocenters. The van der Waals surface area contributed by atoms with Gasteiger partial charge in [0, 0.05) is 0 Å². The molecule has 0 spiro atoms. The first-order valence-corrected chi connectivity index (χ1v) is 9.06. The second kappa shape index (κ2) is 9.27. The van der Waals surface area contributed by atoms with Crippen LogP contribution in [0, 0.1) is 12.8 Å². The molecule has 0 aliphatic carbocycles. The average molecular weight is 355 g/mol. The van der Waals surface area contributed by atoms with Gasteiger partial charge in [0.15, 0.2) is 6.10 Å². The van der Waals surface area contributed by atoms with Crippen molar-refractivity contribution in [1.29, 1.82) is 0 Å². The second-order valence-electron chi connectivity index (χ2n) is 7.04. The van der Waals surface area contributed by atoms with Crippen molar-refractivity contribution in [3.63, 3.8) is 0 Å². The van der Waals surface area contributed by atoms with Gasteiger partial charge in [-0.2, -0.15) is 0 Å². The number of hydrogen-bond acceptors (Lipinski definition) is 3. The van der Waals surface area contributed by atoms with Crippen molar-refractivity contribution in [2.45, 2.75) is 46.3 Å². The van der Waals surface area contributed by atoms with Gasteiger partial charge in [0.1, 0.15) is 11.5 Å². The third kappa shape index (κ3) is 5.80. The van der Waals surface area contributed by atoms with Crippen LogP contribution in [0.1, 0.15) is 44.4 Å². The summed E-state index contributed by atoms with van der Waals surface area (Å²) in [6.45, 7) is 8.07. The van der Waals surface area contributed by atoms with Gasteiger partial charge >= 0.3 is 0 Å². The van der Waals surface area contributed by atoms with Crippen molar-refractivity contribution >= 4 is 5.91 Å². The smallest absolute Gasteiger partial charge is 0.261 e. The van der Waals surface area contributed by atoms with Gasteiger partial charge in [0.05, 0.1) is 13.2 Å². The summed E-state index contributed by atoms with van der Waals surface area (Å²) in [5.41, 5.74) is 2.17. The van der Waals surface area contributed by atoms with Crippen LogP contribution in [0.15, 0.2) is 48.5 Å². The number of methoxy groups -OCH3 is 1. The molecule has 2 rings (SSSR count). The van der Waals surface area contributed by atoms with Crippen molar-refractivity contribution in [3.05, 3.63) is 59.7 Å². The molecule has 0 saturated carbocycles. The lowest BCUT2D eigenvalue weighted by molar-refractivity contribution is -0.128. The van der Waals surface area contributed by atoms with Crippen molar-refractivity contribution in [1.82, 2.24) is 5.32 Å². The van der Waals surface area contributed by atoms with Gasteiger partial charge in [0.2, 0.25) is 0 Å². The van der Waals surface area contributed by atoms with Gasteiger partial charge in [-0.3, -0.25) is 4.79 Å². The number of aryl methyl sites for hydroxylation is 1. The zero-order valence-electron chi connectivity index (χ0n) is 16.3. The van der Waals surface area contributed by atoms with E-state index in [4.69, 9.17) is 9.47 Å². The Hall–Kier alpha value is -2.49. The van der Waals surface area contributed by atoms with Crippen LogP contribution in [0.4, 0.5) is 0 Å². The Morgan fingerprint density at radius 1 is 1.04 bits per heavy atom. The summed E-state index contributed by atoms with van der Waals surface area (Å²) in [7, 11) is 1.65. The zero-order valence-corrected chi connectivity index (χ0v) is 16.3. The normalized spacial score (nSPS) is 13.2. The van der Waals surface area contributed by atoms with Crippen molar-refractivity contribution in [2.75, 3.05) is 7.11 Å². The van der Waals surface area contributed by atoms with Crippen LogP contribution < -0.4 is 14.8 Å². The lowest BCUT2D eigenvalue weighted by atomic mass is 9.96. The van der Waals surface area contributed by atoms with Gasteiger partial charge in [-0.15, -0.1) is 0 Å². The molecule has 140 valence electrons. The molecule has 0 fully saturated rings. The highest BCUT2D eigenvalue weighted by Gasteiger charge is 2.21. The van der Waals surface area contributed by atoms with Crippen molar-refractivity contribution in [2.24, 2.45) is 5.92 Å². The van der Waals surface area contributed by atoms with Crippen molar-refractivity contribution in [3.8, 4) is 11.5 Å². The maximum atomic E-state index is 12.7. The zero-order chi connectivity index (χ0) is 19.1. The molecule has 0 aliphatic rings. The standard InChI is InChI=1S/C22H29NO3/c1-15(2)13-21(18-9-11-19(25-5)12-10-18)23-22(24)17(4)26-20-8-6-7-16(3)14-20/h6-12,14-15,17,21H,13H2,1-5H3,(H,23,24)/t17-,21+/m0/s1. The fraction of sp³-hybridized carbons (Fsp3) is 0.409. The quantitative estimate of drug-likeness (QED) is 0.748.